The first kappa shape index (κ1) is 10.8. The predicted octanol–water partition coefficient (Wildman–Crippen LogP) is 1.83. The molecule has 0 unspecified atom stereocenters. The third-order valence-corrected chi connectivity index (χ3v) is 4.11. The van der Waals surface area contributed by atoms with Gasteiger partial charge in [-0.25, -0.2) is 4.68 Å². The molecule has 0 aromatic carbocycles. The Labute approximate surface area is 103 Å². The molecule has 5 heteroatoms. The molecule has 1 saturated heterocycles. The number of thiophene rings is 1. The third kappa shape index (κ3) is 2.08. The monoisotopic (exact) mass is 249 g/mol. The molecule has 0 amide bonds. The number of hydrogen-bond acceptors (Lipinski definition) is 3. The van der Waals surface area contributed by atoms with Crippen LogP contribution in [0.2, 0.25) is 0 Å². The second kappa shape index (κ2) is 4.50. The van der Waals surface area contributed by atoms with Gasteiger partial charge in [0.05, 0.1) is 16.6 Å². The zero-order chi connectivity index (χ0) is 11.7. The van der Waals surface area contributed by atoms with Crippen molar-refractivity contribution in [2.45, 2.75) is 18.9 Å². The van der Waals surface area contributed by atoms with E-state index in [-0.39, 0.29) is 5.56 Å². The van der Waals surface area contributed by atoms with E-state index in [4.69, 9.17) is 0 Å². The molecule has 2 aromatic heterocycles. The number of aromatic amines is 1. The highest BCUT2D eigenvalue weighted by Gasteiger charge is 2.18. The topological polar surface area (TPSA) is 49.8 Å². The summed E-state index contributed by atoms with van der Waals surface area (Å²) in [5.74, 6) is 0. The van der Waals surface area contributed by atoms with E-state index in [1.165, 1.54) is 0 Å². The van der Waals surface area contributed by atoms with Gasteiger partial charge >= 0.3 is 0 Å². The van der Waals surface area contributed by atoms with Crippen molar-refractivity contribution in [3.05, 3.63) is 33.9 Å². The predicted molar refractivity (Wildman–Crippen MR) is 69.5 cm³/mol. The Balaban J connectivity index is 1.93. The fourth-order valence-corrected chi connectivity index (χ4v) is 3.00. The van der Waals surface area contributed by atoms with Gasteiger partial charge in [-0.2, -0.15) is 0 Å². The summed E-state index contributed by atoms with van der Waals surface area (Å²) in [5, 5.41) is 8.57. The molecule has 1 aliphatic heterocycles. The average Bonchev–Trinajstić information content (AvgIpc) is 2.99. The first-order valence-electron chi connectivity index (χ1n) is 5.91. The summed E-state index contributed by atoms with van der Waals surface area (Å²) in [6, 6.07) is 6.05. The zero-order valence-electron chi connectivity index (χ0n) is 9.48. The van der Waals surface area contributed by atoms with E-state index in [1.807, 2.05) is 17.5 Å². The number of H-pyrrole nitrogens is 1. The van der Waals surface area contributed by atoms with Crippen molar-refractivity contribution in [1.29, 1.82) is 0 Å². The molecule has 1 fully saturated rings. The Kier molecular flexibility index (Phi) is 2.86. The van der Waals surface area contributed by atoms with Gasteiger partial charge in [0.2, 0.25) is 0 Å². The van der Waals surface area contributed by atoms with Crippen LogP contribution in [0.5, 0.6) is 0 Å². The maximum atomic E-state index is 12.0. The van der Waals surface area contributed by atoms with E-state index in [1.54, 1.807) is 22.1 Å². The lowest BCUT2D eigenvalue weighted by Crippen LogP contribution is -2.33. The van der Waals surface area contributed by atoms with Gasteiger partial charge in [-0.15, -0.1) is 11.3 Å². The molecule has 0 radical (unpaired) electrons. The Bertz CT molecular complexity index is 534. The van der Waals surface area contributed by atoms with Crippen LogP contribution in [0.1, 0.15) is 18.9 Å². The Morgan fingerprint density at radius 3 is 2.88 bits per heavy atom. The van der Waals surface area contributed by atoms with E-state index >= 15 is 0 Å². The molecule has 0 saturated carbocycles. The molecule has 0 atom stereocenters. The molecule has 0 bridgehead atoms. The Morgan fingerprint density at radius 1 is 1.35 bits per heavy atom. The summed E-state index contributed by atoms with van der Waals surface area (Å²) < 4.78 is 1.79. The van der Waals surface area contributed by atoms with Gasteiger partial charge in [0.15, 0.2) is 0 Å². The molecule has 1 aliphatic rings. The SMILES string of the molecule is O=c1cc(-c2cccs2)[nH]n1C1CCNCC1. The molecule has 17 heavy (non-hydrogen) atoms. The highest BCUT2D eigenvalue weighted by molar-refractivity contribution is 7.13. The first-order valence-corrected chi connectivity index (χ1v) is 6.79. The minimum Gasteiger partial charge on any atom is -0.317 e. The van der Waals surface area contributed by atoms with Crippen LogP contribution in [0.3, 0.4) is 0 Å². The molecule has 0 spiro atoms. The lowest BCUT2D eigenvalue weighted by atomic mass is 10.1. The minimum absolute atomic E-state index is 0.0836. The standard InChI is InChI=1S/C12H15N3OS/c16-12-8-10(11-2-1-7-17-11)14-15(12)9-3-5-13-6-4-9/h1-2,7-9,13-14H,3-6H2. The van der Waals surface area contributed by atoms with Gasteiger partial charge in [-0.1, -0.05) is 6.07 Å². The van der Waals surface area contributed by atoms with Gasteiger partial charge in [0.1, 0.15) is 0 Å². The molecular weight excluding hydrogens is 234 g/mol. The summed E-state index contributed by atoms with van der Waals surface area (Å²) in [4.78, 5) is 13.1. The lowest BCUT2D eigenvalue weighted by molar-refractivity contribution is 0.337. The summed E-state index contributed by atoms with van der Waals surface area (Å²) in [6.07, 6.45) is 2.04. The number of rotatable bonds is 2. The number of hydrogen-bond donors (Lipinski definition) is 2. The normalized spacial score (nSPS) is 17.4. The highest BCUT2D eigenvalue weighted by Crippen LogP contribution is 2.23. The zero-order valence-corrected chi connectivity index (χ0v) is 10.3. The molecule has 90 valence electrons. The van der Waals surface area contributed by atoms with Crippen LogP contribution in [-0.2, 0) is 0 Å². The molecule has 4 nitrogen and oxygen atoms in total. The first-order chi connectivity index (χ1) is 8.34. The highest BCUT2D eigenvalue weighted by atomic mass is 32.1. The van der Waals surface area contributed by atoms with Gasteiger partial charge in [-0.3, -0.25) is 9.89 Å². The molecule has 0 aliphatic carbocycles. The molecular formula is C12H15N3OS. The quantitative estimate of drug-likeness (QED) is 0.853. The van der Waals surface area contributed by atoms with Gasteiger partial charge < -0.3 is 5.32 Å². The van der Waals surface area contributed by atoms with Gasteiger partial charge in [0.25, 0.3) is 5.56 Å². The van der Waals surface area contributed by atoms with Crippen LogP contribution in [0.15, 0.2) is 28.4 Å². The van der Waals surface area contributed by atoms with E-state index in [2.05, 4.69) is 10.4 Å². The molecule has 2 aromatic rings. The van der Waals surface area contributed by atoms with Crippen molar-refractivity contribution in [2.24, 2.45) is 0 Å². The van der Waals surface area contributed by atoms with Crippen molar-refractivity contribution in [1.82, 2.24) is 15.1 Å². The van der Waals surface area contributed by atoms with E-state index in [0.29, 0.717) is 6.04 Å². The fraction of sp³-hybridized carbons (Fsp3) is 0.417. The van der Waals surface area contributed by atoms with Crippen molar-refractivity contribution in [3.63, 3.8) is 0 Å². The smallest absolute Gasteiger partial charge is 0.267 e. The number of aromatic nitrogens is 2. The van der Waals surface area contributed by atoms with Crippen molar-refractivity contribution < 1.29 is 0 Å². The van der Waals surface area contributed by atoms with Crippen LogP contribution < -0.4 is 10.9 Å². The average molecular weight is 249 g/mol. The fourth-order valence-electron chi connectivity index (χ4n) is 2.30. The largest absolute Gasteiger partial charge is 0.317 e. The number of piperidine rings is 1. The van der Waals surface area contributed by atoms with Crippen LogP contribution in [-0.4, -0.2) is 22.9 Å². The van der Waals surface area contributed by atoms with Crippen LogP contribution in [0.25, 0.3) is 10.6 Å². The van der Waals surface area contributed by atoms with Gasteiger partial charge in [-0.05, 0) is 37.4 Å². The molecule has 3 rings (SSSR count). The molecule has 3 heterocycles. The maximum absolute atomic E-state index is 12.0. The maximum Gasteiger partial charge on any atom is 0.267 e. The van der Waals surface area contributed by atoms with Crippen molar-refractivity contribution in [3.8, 4) is 10.6 Å². The second-order valence-electron chi connectivity index (χ2n) is 4.34. The van der Waals surface area contributed by atoms with Crippen LogP contribution in [0, 0.1) is 0 Å². The lowest BCUT2D eigenvalue weighted by Gasteiger charge is -2.22. The summed E-state index contributed by atoms with van der Waals surface area (Å²) in [6.45, 7) is 1.98. The van der Waals surface area contributed by atoms with Crippen LogP contribution >= 0.6 is 11.3 Å². The summed E-state index contributed by atoms with van der Waals surface area (Å²) in [5.41, 5.74) is 1.02. The third-order valence-electron chi connectivity index (χ3n) is 3.21. The Hall–Kier alpha value is -1.33. The second-order valence-corrected chi connectivity index (χ2v) is 5.28. The van der Waals surface area contributed by atoms with E-state index in [9.17, 15) is 4.79 Å². The van der Waals surface area contributed by atoms with E-state index in [0.717, 1.165) is 36.5 Å². The van der Waals surface area contributed by atoms with Crippen LogP contribution in [0.4, 0.5) is 0 Å². The van der Waals surface area contributed by atoms with Crippen molar-refractivity contribution in [2.75, 3.05) is 13.1 Å². The summed E-state index contributed by atoms with van der Waals surface area (Å²) in [7, 11) is 0. The number of nitrogens with zero attached hydrogens (tertiary/aromatic N) is 1. The summed E-state index contributed by atoms with van der Waals surface area (Å²) >= 11 is 1.65. The Morgan fingerprint density at radius 2 is 2.18 bits per heavy atom. The molecule has 2 N–H and O–H groups in total. The van der Waals surface area contributed by atoms with Gasteiger partial charge in [0, 0.05) is 6.07 Å². The van der Waals surface area contributed by atoms with Crippen molar-refractivity contribution >= 4 is 11.3 Å². The number of nitrogens with one attached hydrogen (secondary N) is 2. The minimum atomic E-state index is 0.0836. The van der Waals surface area contributed by atoms with E-state index < -0.39 is 0 Å².